The lowest BCUT2D eigenvalue weighted by Gasteiger charge is -2.47. The molecule has 2 atom stereocenters. The molecule has 3 fully saturated rings. The summed E-state index contributed by atoms with van der Waals surface area (Å²) < 4.78 is 72.4. The fourth-order valence-electron chi connectivity index (χ4n) is 6.18. The molecule has 0 radical (unpaired) electrons. The van der Waals surface area contributed by atoms with Gasteiger partial charge in [0.05, 0.1) is 17.0 Å². The second kappa shape index (κ2) is 9.61. The number of aliphatic carboxylic acids is 1. The Morgan fingerprint density at radius 1 is 1.02 bits per heavy atom. The average molecular weight is 571 g/mol. The number of hydrogen-bond acceptors (Lipinski definition) is 6. The lowest BCUT2D eigenvalue weighted by Crippen LogP contribution is -2.51. The highest BCUT2D eigenvalue weighted by Crippen LogP contribution is 2.46. The van der Waals surface area contributed by atoms with Crippen LogP contribution in [0.5, 0.6) is 0 Å². The number of halogens is 3. The number of nitrogens with zero attached hydrogens (tertiary/aromatic N) is 3. The quantitative estimate of drug-likeness (QED) is 0.321. The SMILES string of the molecule is Cc1ccc(S(=O)(=O)n2cc(-c3nc(N[C@H]4C5CCC(CC5)[C@@H]4C(=O)O)c(F)cc3F)c3cc(F)cnc32)cc1. The first-order valence-corrected chi connectivity index (χ1v) is 14.3. The Labute approximate surface area is 227 Å². The summed E-state index contributed by atoms with van der Waals surface area (Å²) in [4.78, 5) is 20.1. The highest BCUT2D eigenvalue weighted by molar-refractivity contribution is 7.90. The number of aromatic nitrogens is 3. The van der Waals surface area contributed by atoms with Crippen LogP contribution in [0.15, 0.2) is 53.7 Å². The first-order valence-electron chi connectivity index (χ1n) is 12.9. The van der Waals surface area contributed by atoms with Gasteiger partial charge in [0.15, 0.2) is 23.1 Å². The van der Waals surface area contributed by atoms with Gasteiger partial charge in [-0.25, -0.2) is 35.5 Å². The van der Waals surface area contributed by atoms with Crippen LogP contribution < -0.4 is 5.32 Å². The van der Waals surface area contributed by atoms with Gasteiger partial charge in [0.1, 0.15) is 11.5 Å². The number of carbonyl (C=O) groups is 1. The van der Waals surface area contributed by atoms with Crippen LogP contribution in [0, 0.1) is 42.1 Å². The van der Waals surface area contributed by atoms with Gasteiger partial charge in [-0.05, 0) is 62.6 Å². The van der Waals surface area contributed by atoms with Crippen molar-refractivity contribution < 1.29 is 31.5 Å². The first kappa shape index (κ1) is 26.3. The predicted molar refractivity (Wildman–Crippen MR) is 141 cm³/mol. The van der Waals surface area contributed by atoms with Gasteiger partial charge in [0.2, 0.25) is 0 Å². The molecule has 12 heteroatoms. The number of carboxylic acid groups (broad SMARTS) is 1. The molecule has 3 saturated carbocycles. The number of fused-ring (bicyclic) bond motifs is 4. The molecule has 3 aliphatic carbocycles. The number of aryl methyl sites for hydroxylation is 1. The number of carboxylic acids is 1. The molecule has 2 N–H and O–H groups in total. The van der Waals surface area contributed by atoms with Crippen LogP contribution in [-0.4, -0.2) is 39.5 Å². The van der Waals surface area contributed by atoms with E-state index in [-0.39, 0.29) is 39.1 Å². The Bertz CT molecular complexity index is 1750. The molecule has 208 valence electrons. The Balaban J connectivity index is 1.48. The summed E-state index contributed by atoms with van der Waals surface area (Å²) in [5.74, 6) is -5.06. The second-order valence-corrected chi connectivity index (χ2v) is 12.4. The fraction of sp³-hybridized carbons (Fsp3) is 0.321. The second-order valence-electron chi connectivity index (χ2n) is 10.5. The van der Waals surface area contributed by atoms with Crippen molar-refractivity contribution in [2.75, 3.05) is 5.32 Å². The van der Waals surface area contributed by atoms with Crippen LogP contribution in [0.25, 0.3) is 22.3 Å². The zero-order chi connectivity index (χ0) is 28.3. The summed E-state index contributed by atoms with van der Waals surface area (Å²) in [7, 11) is -4.23. The third kappa shape index (κ3) is 4.30. The number of rotatable bonds is 6. The lowest BCUT2D eigenvalue weighted by atomic mass is 9.61. The summed E-state index contributed by atoms with van der Waals surface area (Å²) in [6, 6.07) is 7.07. The maximum absolute atomic E-state index is 15.3. The molecule has 0 saturated heterocycles. The van der Waals surface area contributed by atoms with E-state index < -0.39 is 51.1 Å². The summed E-state index contributed by atoms with van der Waals surface area (Å²) >= 11 is 0. The van der Waals surface area contributed by atoms with Gasteiger partial charge in [0, 0.05) is 29.3 Å². The summed E-state index contributed by atoms with van der Waals surface area (Å²) in [5.41, 5.74) is 0.142. The van der Waals surface area contributed by atoms with Crippen molar-refractivity contribution in [3.8, 4) is 11.3 Å². The van der Waals surface area contributed by atoms with Crippen LogP contribution in [0.4, 0.5) is 19.0 Å². The Morgan fingerprint density at radius 2 is 1.70 bits per heavy atom. The van der Waals surface area contributed by atoms with Crippen molar-refractivity contribution in [1.82, 2.24) is 13.9 Å². The average Bonchev–Trinajstić information content (AvgIpc) is 3.30. The van der Waals surface area contributed by atoms with Gasteiger partial charge in [-0.2, -0.15) is 0 Å². The number of nitrogens with one attached hydrogen (secondary N) is 1. The summed E-state index contributed by atoms with van der Waals surface area (Å²) in [5, 5.41) is 12.8. The molecule has 0 spiro atoms. The van der Waals surface area contributed by atoms with Crippen LogP contribution in [-0.2, 0) is 14.8 Å². The monoisotopic (exact) mass is 570 g/mol. The van der Waals surface area contributed by atoms with E-state index in [0.29, 0.717) is 6.07 Å². The van der Waals surface area contributed by atoms with Crippen LogP contribution in [0.3, 0.4) is 0 Å². The summed E-state index contributed by atoms with van der Waals surface area (Å²) in [6.07, 6.45) is 5.06. The molecule has 2 bridgehead atoms. The minimum Gasteiger partial charge on any atom is -0.481 e. The van der Waals surface area contributed by atoms with E-state index in [2.05, 4.69) is 15.3 Å². The number of benzene rings is 1. The van der Waals surface area contributed by atoms with Crippen molar-refractivity contribution in [3.05, 3.63) is 71.8 Å². The number of anilines is 1. The van der Waals surface area contributed by atoms with Gasteiger partial charge in [-0.15, -0.1) is 0 Å². The van der Waals surface area contributed by atoms with Gasteiger partial charge in [0.25, 0.3) is 10.0 Å². The Morgan fingerprint density at radius 3 is 2.38 bits per heavy atom. The van der Waals surface area contributed by atoms with Crippen LogP contribution >= 0.6 is 0 Å². The van der Waals surface area contributed by atoms with E-state index in [0.717, 1.165) is 53.7 Å². The van der Waals surface area contributed by atoms with Crippen molar-refractivity contribution in [2.45, 2.75) is 43.5 Å². The third-order valence-electron chi connectivity index (χ3n) is 8.15. The van der Waals surface area contributed by atoms with E-state index in [1.165, 1.54) is 12.1 Å². The minimum absolute atomic E-state index is 0.0133. The maximum atomic E-state index is 15.3. The zero-order valence-electron chi connectivity index (χ0n) is 21.3. The first-order chi connectivity index (χ1) is 19.0. The van der Waals surface area contributed by atoms with E-state index in [9.17, 15) is 22.7 Å². The maximum Gasteiger partial charge on any atom is 0.308 e. The standard InChI is InChI=1S/C28H25F3N4O4S/c1-14-2-8-18(9-3-14)40(38,39)35-13-20(19-10-17(29)12-32-27(19)35)25-21(30)11-22(31)26(34-25)33-24-16-6-4-15(5-7-16)23(24)28(36)37/h2-3,8-13,15-16,23-24H,4-7H2,1H3,(H,33,34)(H,36,37)/t15?,16?,23-,24-/m0/s1. The van der Waals surface area contributed by atoms with Crippen molar-refractivity contribution >= 4 is 32.8 Å². The van der Waals surface area contributed by atoms with Gasteiger partial charge in [-0.1, -0.05) is 17.7 Å². The molecule has 0 amide bonds. The lowest BCUT2D eigenvalue weighted by molar-refractivity contribution is -0.148. The predicted octanol–water partition coefficient (Wildman–Crippen LogP) is 5.36. The minimum atomic E-state index is -4.23. The number of pyridine rings is 2. The normalized spacial score (nSPS) is 22.5. The zero-order valence-corrected chi connectivity index (χ0v) is 22.1. The molecule has 40 heavy (non-hydrogen) atoms. The molecular formula is C28H25F3N4O4S. The van der Waals surface area contributed by atoms with Gasteiger partial charge in [-0.3, -0.25) is 4.79 Å². The van der Waals surface area contributed by atoms with Crippen molar-refractivity contribution in [2.24, 2.45) is 17.8 Å². The molecule has 7 rings (SSSR count). The van der Waals surface area contributed by atoms with Gasteiger partial charge < -0.3 is 10.4 Å². The molecule has 4 aromatic rings. The molecule has 1 aromatic carbocycles. The third-order valence-corrected chi connectivity index (χ3v) is 9.81. The van der Waals surface area contributed by atoms with Gasteiger partial charge >= 0.3 is 5.97 Å². The van der Waals surface area contributed by atoms with Crippen LogP contribution in [0.1, 0.15) is 31.2 Å². The molecule has 3 heterocycles. The Kier molecular flexibility index (Phi) is 6.32. The highest BCUT2D eigenvalue weighted by atomic mass is 32.2. The molecule has 3 aliphatic rings. The van der Waals surface area contributed by atoms with E-state index >= 15 is 8.78 Å². The topological polar surface area (TPSA) is 114 Å². The molecule has 0 aliphatic heterocycles. The van der Waals surface area contributed by atoms with Crippen molar-refractivity contribution in [3.63, 3.8) is 0 Å². The molecule has 8 nitrogen and oxygen atoms in total. The molecule has 0 unspecified atom stereocenters. The fourth-order valence-corrected chi connectivity index (χ4v) is 7.50. The molecule has 3 aromatic heterocycles. The van der Waals surface area contributed by atoms with E-state index in [4.69, 9.17) is 0 Å². The smallest absolute Gasteiger partial charge is 0.308 e. The number of hydrogen-bond donors (Lipinski definition) is 2. The Hall–Kier alpha value is -3.93. The van der Waals surface area contributed by atoms with E-state index in [1.54, 1.807) is 19.1 Å². The largest absolute Gasteiger partial charge is 0.481 e. The molecular weight excluding hydrogens is 545 g/mol. The van der Waals surface area contributed by atoms with Crippen molar-refractivity contribution in [1.29, 1.82) is 0 Å². The van der Waals surface area contributed by atoms with E-state index in [1.807, 2.05) is 0 Å². The summed E-state index contributed by atoms with van der Waals surface area (Å²) in [6.45, 7) is 1.80. The van der Waals surface area contributed by atoms with Crippen LogP contribution in [0.2, 0.25) is 0 Å². The highest BCUT2D eigenvalue weighted by Gasteiger charge is 2.47.